The lowest BCUT2D eigenvalue weighted by atomic mass is 10.1. The van der Waals surface area contributed by atoms with Gasteiger partial charge in [-0.05, 0) is 24.7 Å². The first kappa shape index (κ1) is 13.3. The van der Waals surface area contributed by atoms with Crippen LogP contribution in [0.1, 0.15) is 5.56 Å². The maximum atomic E-state index is 11.1. The summed E-state index contributed by atoms with van der Waals surface area (Å²) >= 11 is 5.84. The van der Waals surface area contributed by atoms with E-state index < -0.39 is 12.0 Å². The van der Waals surface area contributed by atoms with Crippen LogP contribution < -0.4 is 0 Å². The monoisotopic (exact) mass is 268 g/mol. The molecule has 5 heteroatoms. The van der Waals surface area contributed by atoms with E-state index in [-0.39, 0.29) is 0 Å². The molecule has 1 aromatic rings. The molecule has 1 atom stereocenters. The molecule has 18 heavy (non-hydrogen) atoms. The molecule has 1 aliphatic heterocycles. The number of hydrogen-bond donors (Lipinski definition) is 1. The molecule has 0 bridgehead atoms. The molecule has 1 saturated heterocycles. The number of carbonyl (C=O) groups is 1. The average Bonchev–Trinajstić information content (AvgIpc) is 2.34. The van der Waals surface area contributed by atoms with Crippen molar-refractivity contribution in [2.24, 2.45) is 0 Å². The lowest BCUT2D eigenvalue weighted by Crippen LogP contribution is -2.54. The molecule has 0 unspecified atom stereocenters. The summed E-state index contributed by atoms with van der Waals surface area (Å²) in [6, 6.07) is 7.28. The first-order valence-corrected chi connectivity index (χ1v) is 6.34. The highest BCUT2D eigenvalue weighted by molar-refractivity contribution is 6.30. The summed E-state index contributed by atoms with van der Waals surface area (Å²) in [4.78, 5) is 15.2. The summed E-state index contributed by atoms with van der Waals surface area (Å²) in [6.45, 7) is 3.01. The van der Waals surface area contributed by atoms with E-state index in [1.165, 1.54) is 0 Å². The molecule has 1 aromatic carbocycles. The van der Waals surface area contributed by atoms with E-state index in [1.807, 2.05) is 36.2 Å². The van der Waals surface area contributed by atoms with Crippen molar-refractivity contribution < 1.29 is 9.90 Å². The molecule has 2 rings (SSSR count). The van der Waals surface area contributed by atoms with Gasteiger partial charge in [0.05, 0.1) is 0 Å². The molecule has 1 heterocycles. The quantitative estimate of drug-likeness (QED) is 0.903. The Morgan fingerprint density at radius 2 is 2.06 bits per heavy atom. The van der Waals surface area contributed by atoms with Crippen LogP contribution in [-0.2, 0) is 11.3 Å². The summed E-state index contributed by atoms with van der Waals surface area (Å²) < 4.78 is 0. The number of carboxylic acid groups (broad SMARTS) is 1. The highest BCUT2D eigenvalue weighted by Gasteiger charge is 2.29. The van der Waals surface area contributed by atoms with Gasteiger partial charge >= 0.3 is 5.97 Å². The Morgan fingerprint density at radius 1 is 1.39 bits per heavy atom. The fraction of sp³-hybridized carbons (Fsp3) is 0.462. The standard InChI is InChI=1S/C13H17ClN2O2/c1-15-6-7-16(9-12(15)13(17)18)8-10-2-4-11(14)5-3-10/h2-5,12H,6-9H2,1H3,(H,17,18)/t12-/m1/s1. The molecular weight excluding hydrogens is 252 g/mol. The molecule has 4 nitrogen and oxygen atoms in total. The predicted octanol–water partition coefficient (Wildman–Crippen LogP) is 1.54. The third-order valence-corrected chi connectivity index (χ3v) is 3.59. The molecule has 0 radical (unpaired) electrons. The van der Waals surface area contributed by atoms with Gasteiger partial charge in [-0.15, -0.1) is 0 Å². The fourth-order valence-electron chi connectivity index (χ4n) is 2.19. The van der Waals surface area contributed by atoms with Gasteiger partial charge in [0, 0.05) is 31.2 Å². The Morgan fingerprint density at radius 3 is 2.67 bits per heavy atom. The summed E-state index contributed by atoms with van der Waals surface area (Å²) in [5, 5.41) is 9.87. The van der Waals surface area contributed by atoms with Gasteiger partial charge in [-0.3, -0.25) is 14.6 Å². The van der Waals surface area contributed by atoms with Crippen molar-refractivity contribution in [1.29, 1.82) is 0 Å². The van der Waals surface area contributed by atoms with Gasteiger partial charge in [-0.1, -0.05) is 23.7 Å². The molecule has 0 aliphatic carbocycles. The maximum absolute atomic E-state index is 11.1. The van der Waals surface area contributed by atoms with E-state index in [0.717, 1.165) is 30.2 Å². The molecule has 0 spiro atoms. The lowest BCUT2D eigenvalue weighted by Gasteiger charge is -2.37. The second-order valence-electron chi connectivity index (χ2n) is 4.70. The minimum atomic E-state index is -0.752. The Balaban J connectivity index is 1.98. The van der Waals surface area contributed by atoms with Crippen LogP contribution in [0.15, 0.2) is 24.3 Å². The second kappa shape index (κ2) is 5.69. The van der Waals surface area contributed by atoms with E-state index >= 15 is 0 Å². The summed E-state index contributed by atoms with van der Waals surface area (Å²) in [5.74, 6) is -0.752. The van der Waals surface area contributed by atoms with Crippen molar-refractivity contribution in [1.82, 2.24) is 9.80 Å². The van der Waals surface area contributed by atoms with Gasteiger partial charge < -0.3 is 5.11 Å². The van der Waals surface area contributed by atoms with Gasteiger partial charge in [-0.2, -0.15) is 0 Å². The normalized spacial score (nSPS) is 22.0. The molecule has 0 saturated carbocycles. The van der Waals surface area contributed by atoms with Crippen molar-refractivity contribution in [2.45, 2.75) is 12.6 Å². The van der Waals surface area contributed by atoms with Crippen LogP contribution in [0, 0.1) is 0 Å². The van der Waals surface area contributed by atoms with Gasteiger partial charge in [-0.25, -0.2) is 0 Å². The summed E-state index contributed by atoms with van der Waals surface area (Å²) in [5.41, 5.74) is 1.16. The van der Waals surface area contributed by atoms with Crippen LogP contribution in [0.25, 0.3) is 0 Å². The van der Waals surface area contributed by atoms with Crippen molar-refractivity contribution >= 4 is 17.6 Å². The van der Waals surface area contributed by atoms with Crippen LogP contribution in [0.3, 0.4) is 0 Å². The Hall–Kier alpha value is -1.10. The number of piperazine rings is 1. The zero-order valence-electron chi connectivity index (χ0n) is 10.3. The Bertz CT molecular complexity index is 422. The maximum Gasteiger partial charge on any atom is 0.322 e. The largest absolute Gasteiger partial charge is 0.480 e. The second-order valence-corrected chi connectivity index (χ2v) is 5.13. The lowest BCUT2D eigenvalue weighted by molar-refractivity contribution is -0.145. The van der Waals surface area contributed by atoms with E-state index in [9.17, 15) is 4.79 Å². The van der Waals surface area contributed by atoms with Crippen LogP contribution in [0.4, 0.5) is 0 Å². The van der Waals surface area contributed by atoms with Crippen molar-refractivity contribution in [3.63, 3.8) is 0 Å². The number of hydrogen-bond acceptors (Lipinski definition) is 3. The number of carboxylic acids is 1. The van der Waals surface area contributed by atoms with Crippen LogP contribution >= 0.6 is 11.6 Å². The molecule has 0 amide bonds. The topological polar surface area (TPSA) is 43.8 Å². The van der Waals surface area contributed by atoms with Crippen LogP contribution in [-0.4, -0.2) is 53.6 Å². The number of likely N-dealkylation sites (N-methyl/N-ethyl adjacent to an activating group) is 1. The highest BCUT2D eigenvalue weighted by atomic mass is 35.5. The number of nitrogens with zero attached hydrogens (tertiary/aromatic N) is 2. The predicted molar refractivity (Wildman–Crippen MR) is 70.8 cm³/mol. The third kappa shape index (κ3) is 3.22. The van der Waals surface area contributed by atoms with Gasteiger partial charge in [0.25, 0.3) is 0 Å². The molecule has 0 aromatic heterocycles. The summed E-state index contributed by atoms with van der Waals surface area (Å²) in [7, 11) is 1.86. The number of benzene rings is 1. The third-order valence-electron chi connectivity index (χ3n) is 3.34. The van der Waals surface area contributed by atoms with E-state index in [0.29, 0.717) is 6.54 Å². The number of rotatable bonds is 3. The number of halogens is 1. The minimum Gasteiger partial charge on any atom is -0.480 e. The van der Waals surface area contributed by atoms with Gasteiger partial charge in [0.2, 0.25) is 0 Å². The van der Waals surface area contributed by atoms with Crippen LogP contribution in [0.2, 0.25) is 5.02 Å². The zero-order valence-corrected chi connectivity index (χ0v) is 11.1. The van der Waals surface area contributed by atoms with Gasteiger partial charge in [0.1, 0.15) is 6.04 Å². The van der Waals surface area contributed by atoms with E-state index in [1.54, 1.807) is 0 Å². The zero-order chi connectivity index (χ0) is 13.1. The Labute approximate surface area is 112 Å². The van der Waals surface area contributed by atoms with Crippen molar-refractivity contribution in [3.8, 4) is 0 Å². The number of aliphatic carboxylic acids is 1. The first-order valence-electron chi connectivity index (χ1n) is 5.96. The summed E-state index contributed by atoms with van der Waals surface area (Å²) in [6.07, 6.45) is 0. The van der Waals surface area contributed by atoms with E-state index in [4.69, 9.17) is 16.7 Å². The Kier molecular flexibility index (Phi) is 4.22. The van der Waals surface area contributed by atoms with Crippen molar-refractivity contribution in [3.05, 3.63) is 34.9 Å². The molecule has 1 N–H and O–H groups in total. The van der Waals surface area contributed by atoms with Gasteiger partial charge in [0.15, 0.2) is 0 Å². The molecule has 98 valence electrons. The molecule has 1 aliphatic rings. The van der Waals surface area contributed by atoms with Crippen molar-refractivity contribution in [2.75, 3.05) is 26.7 Å². The average molecular weight is 269 g/mol. The minimum absolute atomic E-state index is 0.411. The van der Waals surface area contributed by atoms with E-state index in [2.05, 4.69) is 4.90 Å². The molecular formula is C13H17ClN2O2. The molecule has 1 fully saturated rings. The first-order chi connectivity index (χ1) is 8.56. The fourth-order valence-corrected chi connectivity index (χ4v) is 2.31. The SMILES string of the molecule is CN1CCN(Cc2ccc(Cl)cc2)C[C@@H]1C(=O)O. The smallest absolute Gasteiger partial charge is 0.322 e. The van der Waals surface area contributed by atoms with Crippen LogP contribution in [0.5, 0.6) is 0 Å². The highest BCUT2D eigenvalue weighted by Crippen LogP contribution is 2.14.